The summed E-state index contributed by atoms with van der Waals surface area (Å²) in [5.74, 6) is 0.0879. The van der Waals surface area contributed by atoms with E-state index in [2.05, 4.69) is 6.92 Å². The topological polar surface area (TPSA) is 47.7 Å². The van der Waals surface area contributed by atoms with Crippen molar-refractivity contribution < 1.29 is 0 Å². The molecule has 9 heavy (non-hydrogen) atoms. The monoisotopic (exact) mass is 126 g/mol. The first-order valence-electron chi connectivity index (χ1n) is 3.36. The summed E-state index contributed by atoms with van der Waals surface area (Å²) in [5, 5.41) is 13.7. The molecule has 0 unspecified atom stereocenters. The molecule has 0 bridgehead atoms. The van der Waals surface area contributed by atoms with Crippen molar-refractivity contribution in [3.05, 3.63) is 0 Å². The standard InChI is InChI=1S/C7H14N2/c1-2-3-4-7(5-8)6-9/h5-9H,2-4H2,1H3. The molecule has 0 amide bonds. The van der Waals surface area contributed by atoms with Crippen molar-refractivity contribution in [2.24, 2.45) is 5.92 Å². The maximum atomic E-state index is 6.86. The molecular formula is C7H14N2. The Morgan fingerprint density at radius 3 is 2.22 bits per heavy atom. The van der Waals surface area contributed by atoms with Gasteiger partial charge < -0.3 is 10.8 Å². The molecule has 0 rings (SSSR count). The summed E-state index contributed by atoms with van der Waals surface area (Å²) in [4.78, 5) is 0. The first kappa shape index (κ1) is 8.34. The third-order valence-electron chi connectivity index (χ3n) is 1.32. The quantitative estimate of drug-likeness (QED) is 0.530. The molecule has 0 aromatic heterocycles. The molecule has 2 nitrogen and oxygen atoms in total. The van der Waals surface area contributed by atoms with Crippen LogP contribution in [-0.4, -0.2) is 12.4 Å². The minimum absolute atomic E-state index is 0.0879. The first-order valence-corrected chi connectivity index (χ1v) is 3.36. The van der Waals surface area contributed by atoms with Gasteiger partial charge in [0.2, 0.25) is 0 Å². The van der Waals surface area contributed by atoms with E-state index >= 15 is 0 Å². The second-order valence-corrected chi connectivity index (χ2v) is 2.14. The van der Waals surface area contributed by atoms with Crippen molar-refractivity contribution in [2.75, 3.05) is 0 Å². The molecule has 2 N–H and O–H groups in total. The zero-order chi connectivity index (χ0) is 7.11. The lowest BCUT2D eigenvalue weighted by atomic mass is 10.1. The van der Waals surface area contributed by atoms with Gasteiger partial charge in [0.05, 0.1) is 0 Å². The molecule has 0 aliphatic carbocycles. The lowest BCUT2D eigenvalue weighted by molar-refractivity contribution is 0.695. The van der Waals surface area contributed by atoms with Crippen LogP contribution >= 0.6 is 0 Å². The van der Waals surface area contributed by atoms with E-state index in [1.807, 2.05) is 0 Å². The van der Waals surface area contributed by atoms with E-state index in [9.17, 15) is 0 Å². The Labute approximate surface area is 56.3 Å². The van der Waals surface area contributed by atoms with Crippen LogP contribution in [0.3, 0.4) is 0 Å². The van der Waals surface area contributed by atoms with Crippen molar-refractivity contribution in [1.29, 1.82) is 10.8 Å². The Morgan fingerprint density at radius 1 is 1.33 bits per heavy atom. The van der Waals surface area contributed by atoms with Crippen molar-refractivity contribution in [1.82, 2.24) is 0 Å². The van der Waals surface area contributed by atoms with E-state index in [1.165, 1.54) is 12.4 Å². The molecule has 0 aromatic rings. The SMILES string of the molecule is CCCCC(C=N)C=N. The molecule has 0 atom stereocenters. The predicted molar refractivity (Wildman–Crippen MR) is 40.6 cm³/mol. The van der Waals surface area contributed by atoms with Crippen molar-refractivity contribution in [2.45, 2.75) is 26.2 Å². The minimum Gasteiger partial charge on any atom is -0.312 e. The van der Waals surface area contributed by atoms with Gasteiger partial charge in [0.15, 0.2) is 0 Å². The third kappa shape index (κ3) is 3.88. The summed E-state index contributed by atoms with van der Waals surface area (Å²) >= 11 is 0. The average Bonchev–Trinajstić information content (AvgIpc) is 1.91. The molecule has 0 heterocycles. The summed E-state index contributed by atoms with van der Waals surface area (Å²) in [6.45, 7) is 2.12. The molecule has 0 fully saturated rings. The van der Waals surface area contributed by atoms with Gasteiger partial charge in [-0.15, -0.1) is 0 Å². The van der Waals surface area contributed by atoms with Crippen LogP contribution < -0.4 is 0 Å². The summed E-state index contributed by atoms with van der Waals surface area (Å²) in [6.07, 6.45) is 5.91. The first-order chi connectivity index (χ1) is 4.35. The van der Waals surface area contributed by atoms with Crippen LogP contribution in [0, 0.1) is 16.7 Å². The molecule has 0 saturated carbocycles. The summed E-state index contributed by atoms with van der Waals surface area (Å²) in [7, 11) is 0. The molecule has 0 aliphatic rings. The highest BCUT2D eigenvalue weighted by Crippen LogP contribution is 2.02. The van der Waals surface area contributed by atoms with Gasteiger partial charge in [-0.2, -0.15) is 0 Å². The van der Waals surface area contributed by atoms with Crippen LogP contribution in [0.25, 0.3) is 0 Å². The largest absolute Gasteiger partial charge is 0.312 e. The minimum atomic E-state index is 0.0879. The number of nitrogens with one attached hydrogen (secondary N) is 2. The summed E-state index contributed by atoms with van der Waals surface area (Å²) in [5.41, 5.74) is 0. The van der Waals surface area contributed by atoms with Crippen LogP contribution in [0.1, 0.15) is 26.2 Å². The van der Waals surface area contributed by atoms with Gasteiger partial charge in [-0.25, -0.2) is 0 Å². The van der Waals surface area contributed by atoms with Crippen LogP contribution in [0.5, 0.6) is 0 Å². The van der Waals surface area contributed by atoms with Gasteiger partial charge >= 0.3 is 0 Å². The Bertz CT molecular complexity index is 80.9. The van der Waals surface area contributed by atoms with Crippen LogP contribution in [0.15, 0.2) is 0 Å². The maximum absolute atomic E-state index is 6.86. The van der Waals surface area contributed by atoms with Gasteiger partial charge in [0, 0.05) is 18.3 Å². The van der Waals surface area contributed by atoms with Gasteiger partial charge in [0.1, 0.15) is 0 Å². The van der Waals surface area contributed by atoms with E-state index < -0.39 is 0 Å². The molecule has 0 radical (unpaired) electrons. The highest BCUT2D eigenvalue weighted by Gasteiger charge is 1.97. The fourth-order valence-corrected chi connectivity index (χ4v) is 0.655. The average molecular weight is 126 g/mol. The lowest BCUT2D eigenvalue weighted by Gasteiger charge is -2.00. The van der Waals surface area contributed by atoms with E-state index in [4.69, 9.17) is 10.8 Å². The van der Waals surface area contributed by atoms with E-state index in [1.54, 1.807) is 0 Å². The highest BCUT2D eigenvalue weighted by atomic mass is 14.4. The Hall–Kier alpha value is -0.660. The van der Waals surface area contributed by atoms with Gasteiger partial charge in [0.25, 0.3) is 0 Å². The second-order valence-electron chi connectivity index (χ2n) is 2.14. The van der Waals surface area contributed by atoms with Gasteiger partial charge in [-0.3, -0.25) is 0 Å². The van der Waals surface area contributed by atoms with E-state index in [-0.39, 0.29) is 5.92 Å². The molecule has 2 heteroatoms. The normalized spacial score (nSPS) is 12.6. The smallest absolute Gasteiger partial charge is 0.0283 e. The molecule has 0 saturated heterocycles. The second kappa shape index (κ2) is 5.48. The number of hydrogen-bond acceptors (Lipinski definition) is 2. The molecule has 0 spiro atoms. The van der Waals surface area contributed by atoms with Crippen LogP contribution in [-0.2, 0) is 0 Å². The molecular weight excluding hydrogens is 112 g/mol. The molecule has 0 aromatic carbocycles. The van der Waals surface area contributed by atoms with Gasteiger partial charge in [-0.05, 0) is 6.42 Å². The highest BCUT2D eigenvalue weighted by molar-refractivity contribution is 5.79. The summed E-state index contributed by atoms with van der Waals surface area (Å²) < 4.78 is 0. The lowest BCUT2D eigenvalue weighted by Crippen LogP contribution is -2.01. The van der Waals surface area contributed by atoms with Crippen molar-refractivity contribution in [3.8, 4) is 0 Å². The maximum Gasteiger partial charge on any atom is 0.0283 e. The zero-order valence-electron chi connectivity index (χ0n) is 5.85. The molecule has 0 aliphatic heterocycles. The number of hydrogen-bond donors (Lipinski definition) is 2. The van der Waals surface area contributed by atoms with E-state index in [0.717, 1.165) is 19.3 Å². The molecule has 52 valence electrons. The fourth-order valence-electron chi connectivity index (χ4n) is 0.655. The van der Waals surface area contributed by atoms with E-state index in [0.29, 0.717) is 0 Å². The Kier molecular flexibility index (Phi) is 5.07. The van der Waals surface area contributed by atoms with Crippen molar-refractivity contribution >= 4 is 12.4 Å². The fraction of sp³-hybridized carbons (Fsp3) is 0.714. The predicted octanol–water partition coefficient (Wildman–Crippen LogP) is 2.09. The van der Waals surface area contributed by atoms with Crippen LogP contribution in [0.2, 0.25) is 0 Å². The summed E-state index contributed by atoms with van der Waals surface area (Å²) in [6, 6.07) is 0. The Balaban J connectivity index is 3.30. The zero-order valence-corrected chi connectivity index (χ0v) is 5.85. The third-order valence-corrected chi connectivity index (χ3v) is 1.32. The Morgan fingerprint density at radius 2 is 1.89 bits per heavy atom. The van der Waals surface area contributed by atoms with Crippen molar-refractivity contribution in [3.63, 3.8) is 0 Å². The number of rotatable bonds is 5. The van der Waals surface area contributed by atoms with Gasteiger partial charge in [-0.1, -0.05) is 19.8 Å². The number of unbranched alkanes of at least 4 members (excludes halogenated alkanes) is 1. The van der Waals surface area contributed by atoms with Crippen LogP contribution in [0.4, 0.5) is 0 Å².